The van der Waals surface area contributed by atoms with E-state index in [0.717, 1.165) is 50.4 Å². The first-order valence-corrected chi connectivity index (χ1v) is 15.0. The number of rotatable bonds is 4. The first-order valence-electron chi connectivity index (χ1n) is 14.2. The van der Waals surface area contributed by atoms with Crippen LogP contribution in [0.15, 0.2) is 34.8 Å². The molecule has 1 aromatic heterocycles. The highest BCUT2D eigenvalue weighted by atomic mass is 79.9. The van der Waals surface area contributed by atoms with Crippen molar-refractivity contribution in [2.24, 2.45) is 16.7 Å². The summed E-state index contributed by atoms with van der Waals surface area (Å²) in [5.41, 5.74) is 2.25. The summed E-state index contributed by atoms with van der Waals surface area (Å²) >= 11 is 3.46. The molecule has 208 valence electrons. The van der Waals surface area contributed by atoms with Crippen molar-refractivity contribution in [2.75, 3.05) is 26.2 Å². The standard InChI is InChI=1S/C32H36BrN5O2/c1-31(2)29(32(3,4)30(31)40-24-9-6-21(18-34)26(33)17-24)38-19-27-25(28(38)39)10-8-22(36-27)7-5-20-15-23(16-20)37-13-11-35-12-14-37/h6,8-10,17,20,23,29-30,35H,11-16,19H2,1-4H3/t20-,23-,29-,30-. The van der Waals surface area contributed by atoms with Gasteiger partial charge in [0, 0.05) is 59.5 Å². The van der Waals surface area contributed by atoms with E-state index >= 15 is 0 Å². The number of fused-ring (bicyclic) bond motifs is 1. The van der Waals surface area contributed by atoms with Crippen molar-refractivity contribution in [1.29, 1.82) is 5.26 Å². The number of hydrogen-bond acceptors (Lipinski definition) is 6. The van der Waals surface area contributed by atoms with Crippen molar-refractivity contribution in [3.63, 3.8) is 0 Å². The number of piperazine rings is 1. The number of nitrogens with zero attached hydrogens (tertiary/aromatic N) is 4. The Hall–Kier alpha value is -2.91. The van der Waals surface area contributed by atoms with Gasteiger partial charge in [-0.15, -0.1) is 0 Å². The van der Waals surface area contributed by atoms with Crippen LogP contribution in [0.3, 0.4) is 0 Å². The lowest BCUT2D eigenvalue weighted by molar-refractivity contribution is -0.199. The lowest BCUT2D eigenvalue weighted by Crippen LogP contribution is -2.74. The van der Waals surface area contributed by atoms with E-state index in [9.17, 15) is 10.1 Å². The lowest BCUT2D eigenvalue weighted by Gasteiger charge is -2.65. The highest BCUT2D eigenvalue weighted by Gasteiger charge is 2.67. The van der Waals surface area contributed by atoms with Gasteiger partial charge in [-0.2, -0.15) is 5.26 Å². The zero-order chi connectivity index (χ0) is 28.2. The topological polar surface area (TPSA) is 81.5 Å². The normalized spacial score (nSPS) is 28.4. The van der Waals surface area contributed by atoms with Crippen LogP contribution in [-0.2, 0) is 6.54 Å². The second-order valence-corrected chi connectivity index (χ2v) is 13.7. The number of nitriles is 1. The Morgan fingerprint density at radius 2 is 1.82 bits per heavy atom. The molecule has 1 amide bonds. The third-order valence-corrected chi connectivity index (χ3v) is 10.0. The molecular formula is C32H36BrN5O2. The number of carbonyl (C=O) groups excluding carboxylic acids is 1. The van der Waals surface area contributed by atoms with Crippen LogP contribution in [-0.4, -0.2) is 65.1 Å². The average molecular weight is 603 g/mol. The Bertz CT molecular complexity index is 1420. The molecule has 7 nitrogen and oxygen atoms in total. The highest BCUT2D eigenvalue weighted by Crippen LogP contribution is 2.59. The maximum absolute atomic E-state index is 13.6. The number of hydrogen-bond donors (Lipinski definition) is 1. The van der Waals surface area contributed by atoms with Crippen molar-refractivity contribution in [3.8, 4) is 23.7 Å². The Balaban J connectivity index is 1.12. The molecule has 0 radical (unpaired) electrons. The summed E-state index contributed by atoms with van der Waals surface area (Å²) in [5.74, 6) is 7.91. The predicted octanol–water partition coefficient (Wildman–Crippen LogP) is 4.59. The third-order valence-electron chi connectivity index (χ3n) is 9.36. The Labute approximate surface area is 245 Å². The highest BCUT2D eigenvalue weighted by molar-refractivity contribution is 9.10. The summed E-state index contributed by atoms with van der Waals surface area (Å²) in [5, 5.41) is 12.7. The molecule has 0 unspecified atom stereocenters. The predicted molar refractivity (Wildman–Crippen MR) is 157 cm³/mol. The molecule has 8 heteroatoms. The Morgan fingerprint density at radius 1 is 1.10 bits per heavy atom. The first-order chi connectivity index (χ1) is 19.1. The number of aromatic nitrogens is 1. The molecule has 3 heterocycles. The van der Waals surface area contributed by atoms with Crippen molar-refractivity contribution in [1.82, 2.24) is 20.1 Å². The van der Waals surface area contributed by atoms with Gasteiger partial charge < -0.3 is 15.0 Å². The fraction of sp³-hybridized carbons (Fsp3) is 0.531. The van der Waals surface area contributed by atoms with Gasteiger partial charge in [0.1, 0.15) is 23.6 Å². The number of benzene rings is 1. The summed E-state index contributed by atoms with van der Waals surface area (Å²) in [4.78, 5) is 23.0. The number of ether oxygens (including phenoxy) is 1. The van der Waals surface area contributed by atoms with Crippen LogP contribution in [0.1, 0.15) is 67.8 Å². The molecule has 0 spiro atoms. The number of amides is 1. The number of halogens is 1. The van der Waals surface area contributed by atoms with Crippen molar-refractivity contribution in [3.05, 3.63) is 57.3 Å². The van der Waals surface area contributed by atoms with E-state index in [2.05, 4.69) is 71.8 Å². The minimum Gasteiger partial charge on any atom is -0.489 e. The van der Waals surface area contributed by atoms with Gasteiger partial charge in [0.25, 0.3) is 5.91 Å². The Kier molecular flexibility index (Phi) is 6.94. The van der Waals surface area contributed by atoms with Gasteiger partial charge in [-0.1, -0.05) is 33.6 Å². The van der Waals surface area contributed by atoms with E-state index in [0.29, 0.717) is 39.9 Å². The molecule has 6 rings (SSSR count). The lowest BCUT2D eigenvalue weighted by atomic mass is 9.49. The van der Waals surface area contributed by atoms with Gasteiger partial charge in [-0.3, -0.25) is 9.69 Å². The quantitative estimate of drug-likeness (QED) is 0.516. The molecule has 1 aromatic carbocycles. The molecule has 2 saturated carbocycles. The molecule has 1 saturated heterocycles. The summed E-state index contributed by atoms with van der Waals surface area (Å²) < 4.78 is 7.20. The van der Waals surface area contributed by atoms with Crippen molar-refractivity contribution in [2.45, 2.75) is 65.3 Å². The molecule has 0 atom stereocenters. The fourth-order valence-electron chi connectivity index (χ4n) is 7.72. The SMILES string of the molecule is CC1(C)[C@H](Oc2ccc(C#N)c(Br)c2)C(C)(C)[C@H]1N1Cc2nc(C#C[C@H]3C[C@H](N4CCNCC4)C3)ccc2C1=O. The maximum Gasteiger partial charge on any atom is 0.256 e. The Morgan fingerprint density at radius 3 is 2.50 bits per heavy atom. The third kappa shape index (κ3) is 4.61. The van der Waals surface area contributed by atoms with Gasteiger partial charge in [-0.05, 0) is 65.0 Å². The molecule has 2 aliphatic heterocycles. The van der Waals surface area contributed by atoms with E-state index in [-0.39, 0.29) is 28.9 Å². The summed E-state index contributed by atoms with van der Waals surface area (Å²) in [6.45, 7) is 13.6. The van der Waals surface area contributed by atoms with Gasteiger partial charge in [0.2, 0.25) is 0 Å². The molecular weight excluding hydrogens is 566 g/mol. The summed E-state index contributed by atoms with van der Waals surface area (Å²) in [6, 6.07) is 12.1. The molecule has 2 aromatic rings. The van der Waals surface area contributed by atoms with Crippen LogP contribution in [0.5, 0.6) is 5.75 Å². The van der Waals surface area contributed by atoms with Crippen LogP contribution >= 0.6 is 15.9 Å². The molecule has 3 fully saturated rings. The van der Waals surface area contributed by atoms with Gasteiger partial charge in [0.15, 0.2) is 0 Å². The van der Waals surface area contributed by atoms with Crippen LogP contribution in [0.25, 0.3) is 0 Å². The van der Waals surface area contributed by atoms with E-state index in [4.69, 9.17) is 9.72 Å². The molecule has 2 aliphatic carbocycles. The second kappa shape index (κ2) is 10.2. The first kappa shape index (κ1) is 27.3. The largest absolute Gasteiger partial charge is 0.489 e. The number of nitrogens with one attached hydrogen (secondary N) is 1. The van der Waals surface area contributed by atoms with Gasteiger partial charge >= 0.3 is 0 Å². The van der Waals surface area contributed by atoms with E-state index in [1.54, 1.807) is 6.07 Å². The second-order valence-electron chi connectivity index (χ2n) is 12.8. The van der Waals surface area contributed by atoms with Crippen molar-refractivity contribution < 1.29 is 9.53 Å². The van der Waals surface area contributed by atoms with E-state index in [1.165, 1.54) is 0 Å². The smallest absolute Gasteiger partial charge is 0.256 e. The molecule has 40 heavy (non-hydrogen) atoms. The van der Waals surface area contributed by atoms with Crippen molar-refractivity contribution >= 4 is 21.8 Å². The molecule has 1 N–H and O–H groups in total. The summed E-state index contributed by atoms with van der Waals surface area (Å²) in [7, 11) is 0. The summed E-state index contributed by atoms with van der Waals surface area (Å²) in [6.07, 6.45) is 2.17. The zero-order valence-corrected chi connectivity index (χ0v) is 25.2. The monoisotopic (exact) mass is 601 g/mol. The van der Waals surface area contributed by atoms with Gasteiger partial charge in [-0.25, -0.2) is 4.98 Å². The molecule has 4 aliphatic rings. The van der Waals surface area contributed by atoms with E-state index < -0.39 is 0 Å². The molecule has 0 bridgehead atoms. The van der Waals surface area contributed by atoms with Crippen LogP contribution in [0.2, 0.25) is 0 Å². The number of carbonyl (C=O) groups is 1. The van der Waals surface area contributed by atoms with E-state index in [1.807, 2.05) is 29.2 Å². The van der Waals surface area contributed by atoms with Crippen LogP contribution < -0.4 is 10.1 Å². The minimum absolute atomic E-state index is 0.0139. The van der Waals surface area contributed by atoms with Crippen LogP contribution in [0.4, 0.5) is 0 Å². The minimum atomic E-state index is -0.282. The number of pyridine rings is 1. The van der Waals surface area contributed by atoms with Crippen LogP contribution in [0, 0.1) is 39.9 Å². The maximum atomic E-state index is 13.6. The fourth-order valence-corrected chi connectivity index (χ4v) is 8.17. The zero-order valence-electron chi connectivity index (χ0n) is 23.6. The van der Waals surface area contributed by atoms with Gasteiger partial charge in [0.05, 0.1) is 23.4 Å². The average Bonchev–Trinajstić information content (AvgIpc) is 3.21.